The Kier molecular flexibility index (Phi) is 4.99. The Morgan fingerprint density at radius 2 is 0.591 bits per heavy atom. The minimum Gasteiger partial charge on any atom is -0.305 e. The van der Waals surface area contributed by atoms with E-state index in [1.54, 1.807) is 24.3 Å². The quantitative estimate of drug-likeness (QED) is 0.0866. The van der Waals surface area contributed by atoms with Crippen molar-refractivity contribution in [2.45, 2.75) is 0 Å². The predicted molar refractivity (Wildman–Crippen MR) is 168 cm³/mol. The van der Waals surface area contributed by atoms with Crippen molar-refractivity contribution in [3.05, 3.63) is 138 Å². The molecule has 0 bridgehead atoms. The molecule has 0 aliphatic carbocycles. The summed E-state index contributed by atoms with van der Waals surface area (Å²) in [6, 6.07) is 34.4. The van der Waals surface area contributed by atoms with Gasteiger partial charge in [-0.2, -0.15) is 0 Å². The fourth-order valence-electron chi connectivity index (χ4n) is 6.93. The fraction of sp³-hybridized carbons (Fsp3) is 0. The van der Waals surface area contributed by atoms with Crippen LogP contribution >= 0.6 is 0 Å². The van der Waals surface area contributed by atoms with E-state index in [1.807, 2.05) is 84.9 Å². The molecule has 0 fully saturated rings. The van der Waals surface area contributed by atoms with E-state index in [2.05, 4.69) is 0 Å². The van der Waals surface area contributed by atoms with Crippen LogP contribution in [0.2, 0.25) is 0 Å². The zero-order valence-electron chi connectivity index (χ0n) is 22.7. The van der Waals surface area contributed by atoms with Crippen LogP contribution < -0.4 is 4.90 Å². The zero-order chi connectivity index (χ0) is 29.9. The molecule has 0 spiro atoms. The van der Waals surface area contributed by atoms with Gasteiger partial charge in [-0.15, -0.1) is 0 Å². The van der Waals surface area contributed by atoms with Crippen molar-refractivity contribution in [1.82, 2.24) is 0 Å². The maximum atomic E-state index is 15.7. The van der Waals surface area contributed by atoms with Crippen molar-refractivity contribution in [2.75, 3.05) is 4.90 Å². The van der Waals surface area contributed by atoms with Crippen LogP contribution in [0, 0.1) is 29.1 Å². The molecule has 0 unspecified atom stereocenters. The Morgan fingerprint density at radius 3 is 0.932 bits per heavy atom. The molecule has 44 heavy (non-hydrogen) atoms. The monoisotopic (exact) mass is 583 g/mol. The number of nitrogens with zero attached hydrogens (tertiary/aromatic N) is 1. The minimum absolute atomic E-state index is 0.256. The van der Waals surface area contributed by atoms with Gasteiger partial charge in [-0.1, -0.05) is 84.9 Å². The van der Waals surface area contributed by atoms with Crippen molar-refractivity contribution in [1.29, 1.82) is 0 Å². The second kappa shape index (κ2) is 8.77. The summed E-state index contributed by atoms with van der Waals surface area (Å²) in [6.07, 6.45) is 0. The first kappa shape index (κ1) is 25.0. The van der Waals surface area contributed by atoms with Gasteiger partial charge < -0.3 is 4.90 Å². The molecule has 0 radical (unpaired) electrons. The lowest BCUT2D eigenvalue weighted by molar-refractivity contribution is 0.380. The standard InChI is InChI=1S/C38H18F5N/c39-33-34(40)36(42)38(37(43)35(33)41)44(27-15-23-11-7-19-3-1-4-20-8-12-24(16-27)31(23)29(19)20)28-17-25-13-9-21-5-2-6-22-10-14-26(18-28)32(25)30(21)22/h1-18H. The molecule has 0 aliphatic rings. The van der Waals surface area contributed by atoms with E-state index in [1.165, 1.54) is 0 Å². The van der Waals surface area contributed by atoms with E-state index in [4.69, 9.17) is 0 Å². The fourth-order valence-corrected chi connectivity index (χ4v) is 6.93. The molecule has 0 aliphatic heterocycles. The van der Waals surface area contributed by atoms with E-state index in [-0.39, 0.29) is 11.4 Å². The molecule has 0 heterocycles. The summed E-state index contributed by atoms with van der Waals surface area (Å²) in [6.45, 7) is 0. The molecule has 6 heteroatoms. The van der Waals surface area contributed by atoms with Gasteiger partial charge in [-0.3, -0.25) is 0 Å². The van der Waals surface area contributed by atoms with E-state index >= 15 is 8.78 Å². The van der Waals surface area contributed by atoms with Gasteiger partial charge in [0, 0.05) is 11.4 Å². The van der Waals surface area contributed by atoms with Crippen LogP contribution in [0.4, 0.5) is 39.0 Å². The lowest BCUT2D eigenvalue weighted by atomic mass is 9.92. The van der Waals surface area contributed by atoms with E-state index in [0.717, 1.165) is 69.5 Å². The SMILES string of the molecule is Fc1c(F)c(F)c(N(c2cc3ccc4cccc5ccc(c2)c3c45)c2cc3ccc4cccc5ccc(c2)c3c45)c(F)c1F. The number of rotatable bonds is 3. The van der Waals surface area contributed by atoms with Gasteiger partial charge in [0.2, 0.25) is 5.82 Å². The van der Waals surface area contributed by atoms with Crippen molar-refractivity contribution >= 4 is 81.7 Å². The molecule has 1 nitrogen and oxygen atoms in total. The first-order valence-corrected chi connectivity index (χ1v) is 14.1. The Bertz CT molecular complexity index is 2320. The molecule has 9 aromatic rings. The highest BCUT2D eigenvalue weighted by molar-refractivity contribution is 6.25. The van der Waals surface area contributed by atoms with Crippen LogP contribution in [0.1, 0.15) is 0 Å². The largest absolute Gasteiger partial charge is 0.305 e. The summed E-state index contributed by atoms with van der Waals surface area (Å²) >= 11 is 0. The van der Waals surface area contributed by atoms with Gasteiger partial charge in [-0.05, 0) is 88.9 Å². The third-order valence-electron chi connectivity index (χ3n) is 8.82. The Labute approximate surface area is 246 Å². The highest BCUT2D eigenvalue weighted by Gasteiger charge is 2.31. The van der Waals surface area contributed by atoms with E-state index in [9.17, 15) is 13.2 Å². The van der Waals surface area contributed by atoms with Crippen LogP contribution in [0.5, 0.6) is 0 Å². The smallest absolute Gasteiger partial charge is 0.200 e. The molecule has 0 atom stereocenters. The maximum absolute atomic E-state index is 15.7. The first-order valence-electron chi connectivity index (χ1n) is 14.1. The number of benzene rings is 9. The van der Waals surface area contributed by atoms with Crippen molar-refractivity contribution < 1.29 is 22.0 Å². The summed E-state index contributed by atoms with van der Waals surface area (Å²) in [5, 5.41) is 11.2. The summed E-state index contributed by atoms with van der Waals surface area (Å²) in [4.78, 5) is 1.14. The average Bonchev–Trinajstić information content (AvgIpc) is 3.06. The van der Waals surface area contributed by atoms with Crippen LogP contribution in [-0.4, -0.2) is 0 Å². The van der Waals surface area contributed by atoms with Gasteiger partial charge in [0.05, 0.1) is 0 Å². The Hall–Kier alpha value is -5.49. The average molecular weight is 584 g/mol. The molecule has 0 amide bonds. The highest BCUT2D eigenvalue weighted by Crippen LogP contribution is 2.46. The third-order valence-corrected chi connectivity index (χ3v) is 8.82. The molecular weight excluding hydrogens is 565 g/mol. The maximum Gasteiger partial charge on any atom is 0.200 e. The normalized spacial score (nSPS) is 12.2. The first-order chi connectivity index (χ1) is 21.4. The van der Waals surface area contributed by atoms with Gasteiger partial charge in [0.15, 0.2) is 23.3 Å². The third kappa shape index (κ3) is 3.28. The predicted octanol–water partition coefficient (Wildman–Crippen LogP) is 11.6. The Morgan fingerprint density at radius 1 is 0.318 bits per heavy atom. The topological polar surface area (TPSA) is 3.24 Å². The molecule has 9 rings (SSSR count). The second-order valence-corrected chi connectivity index (χ2v) is 11.2. The summed E-state index contributed by atoms with van der Waals surface area (Å²) < 4.78 is 75.1. The van der Waals surface area contributed by atoms with Crippen molar-refractivity contribution in [2.24, 2.45) is 0 Å². The van der Waals surface area contributed by atoms with Crippen molar-refractivity contribution in [3.8, 4) is 0 Å². The molecular formula is C38H18F5N. The van der Waals surface area contributed by atoms with Crippen LogP contribution in [0.3, 0.4) is 0 Å². The van der Waals surface area contributed by atoms with Crippen LogP contribution in [0.25, 0.3) is 64.6 Å². The zero-order valence-corrected chi connectivity index (χ0v) is 22.7. The van der Waals surface area contributed by atoms with Crippen LogP contribution in [-0.2, 0) is 0 Å². The lowest BCUT2D eigenvalue weighted by Crippen LogP contribution is -2.17. The summed E-state index contributed by atoms with van der Waals surface area (Å²) in [5.41, 5.74) is -0.527. The molecule has 0 N–H and O–H groups in total. The summed E-state index contributed by atoms with van der Waals surface area (Å²) in [7, 11) is 0. The number of hydrogen-bond donors (Lipinski definition) is 0. The van der Waals surface area contributed by atoms with Gasteiger partial charge in [0.1, 0.15) is 5.69 Å². The second-order valence-electron chi connectivity index (χ2n) is 11.2. The molecule has 0 saturated carbocycles. The van der Waals surface area contributed by atoms with Gasteiger partial charge in [0.25, 0.3) is 0 Å². The van der Waals surface area contributed by atoms with Crippen molar-refractivity contribution in [3.63, 3.8) is 0 Å². The number of halogens is 5. The Balaban J connectivity index is 1.39. The summed E-state index contributed by atoms with van der Waals surface area (Å²) in [5.74, 6) is -10.0. The minimum atomic E-state index is -2.20. The molecule has 210 valence electrons. The number of anilines is 3. The lowest BCUT2D eigenvalue weighted by Gasteiger charge is -2.28. The molecule has 0 saturated heterocycles. The van der Waals surface area contributed by atoms with E-state index in [0.29, 0.717) is 0 Å². The van der Waals surface area contributed by atoms with E-state index < -0.39 is 34.8 Å². The molecule has 0 aromatic heterocycles. The van der Waals surface area contributed by atoms with Crippen LogP contribution in [0.15, 0.2) is 109 Å². The van der Waals surface area contributed by atoms with Gasteiger partial charge >= 0.3 is 0 Å². The van der Waals surface area contributed by atoms with Gasteiger partial charge in [-0.25, -0.2) is 22.0 Å². The highest BCUT2D eigenvalue weighted by atomic mass is 19.2. The number of hydrogen-bond acceptors (Lipinski definition) is 1. The molecule has 9 aromatic carbocycles.